The molecule has 2 rings (SSSR count). The SMILES string of the molecule is Cc1ccc(-c2c(C)c(O)c(C)c(=O)n2C(C)(C)C)cc1. The molecule has 0 aliphatic carbocycles. The van der Waals surface area contributed by atoms with Crippen LogP contribution < -0.4 is 5.56 Å². The van der Waals surface area contributed by atoms with Crippen LogP contribution in [0.25, 0.3) is 11.3 Å². The van der Waals surface area contributed by atoms with E-state index in [9.17, 15) is 9.90 Å². The maximum absolute atomic E-state index is 12.7. The Morgan fingerprint density at radius 1 is 0.952 bits per heavy atom. The van der Waals surface area contributed by atoms with E-state index in [-0.39, 0.29) is 16.8 Å². The molecule has 21 heavy (non-hydrogen) atoms. The number of hydrogen-bond donors (Lipinski definition) is 1. The fourth-order valence-electron chi connectivity index (χ4n) is 2.63. The smallest absolute Gasteiger partial charge is 0.258 e. The molecule has 0 saturated heterocycles. The molecule has 1 aromatic heterocycles. The summed E-state index contributed by atoms with van der Waals surface area (Å²) < 4.78 is 1.78. The van der Waals surface area contributed by atoms with E-state index in [1.165, 1.54) is 0 Å². The third-order valence-corrected chi connectivity index (χ3v) is 3.81. The summed E-state index contributed by atoms with van der Waals surface area (Å²) in [6, 6.07) is 8.02. The van der Waals surface area contributed by atoms with E-state index in [4.69, 9.17) is 0 Å². The lowest BCUT2D eigenvalue weighted by atomic mass is 9.98. The van der Waals surface area contributed by atoms with Crippen molar-refractivity contribution in [3.8, 4) is 17.0 Å². The minimum absolute atomic E-state index is 0.0936. The average molecular weight is 285 g/mol. The van der Waals surface area contributed by atoms with Gasteiger partial charge in [0.2, 0.25) is 0 Å². The van der Waals surface area contributed by atoms with Gasteiger partial charge >= 0.3 is 0 Å². The lowest BCUT2D eigenvalue weighted by Gasteiger charge is -2.29. The van der Waals surface area contributed by atoms with E-state index in [1.807, 2.05) is 58.9 Å². The Hall–Kier alpha value is -2.03. The largest absolute Gasteiger partial charge is 0.507 e. The minimum Gasteiger partial charge on any atom is -0.507 e. The van der Waals surface area contributed by atoms with Crippen molar-refractivity contribution >= 4 is 0 Å². The predicted molar refractivity (Wildman–Crippen MR) is 87.0 cm³/mol. The molecule has 0 bridgehead atoms. The van der Waals surface area contributed by atoms with Crippen molar-refractivity contribution in [2.75, 3.05) is 0 Å². The summed E-state index contributed by atoms with van der Waals surface area (Å²) >= 11 is 0. The minimum atomic E-state index is -0.361. The summed E-state index contributed by atoms with van der Waals surface area (Å²) in [6.07, 6.45) is 0. The van der Waals surface area contributed by atoms with Gasteiger partial charge in [-0.1, -0.05) is 29.8 Å². The summed E-state index contributed by atoms with van der Waals surface area (Å²) in [4.78, 5) is 12.7. The highest BCUT2D eigenvalue weighted by atomic mass is 16.3. The zero-order valence-corrected chi connectivity index (χ0v) is 13.6. The molecule has 1 N–H and O–H groups in total. The average Bonchev–Trinajstić information content (AvgIpc) is 2.40. The second kappa shape index (κ2) is 5.06. The number of aromatic hydroxyl groups is 1. The molecule has 1 aromatic carbocycles. The molecule has 0 spiro atoms. The lowest BCUT2D eigenvalue weighted by Crippen LogP contribution is -2.36. The number of rotatable bonds is 1. The molecular weight excluding hydrogens is 262 g/mol. The van der Waals surface area contributed by atoms with Crippen molar-refractivity contribution in [1.82, 2.24) is 4.57 Å². The van der Waals surface area contributed by atoms with Crippen LogP contribution in [0.5, 0.6) is 5.75 Å². The number of hydrogen-bond acceptors (Lipinski definition) is 2. The highest BCUT2D eigenvalue weighted by molar-refractivity contribution is 5.67. The first kappa shape index (κ1) is 15.4. The zero-order chi connectivity index (χ0) is 15.9. The number of pyridine rings is 1. The second-order valence-electron chi connectivity index (χ2n) is 6.62. The molecule has 0 aliphatic rings. The molecule has 0 amide bonds. The van der Waals surface area contributed by atoms with E-state index < -0.39 is 0 Å². The highest BCUT2D eigenvalue weighted by Gasteiger charge is 2.24. The second-order valence-corrected chi connectivity index (χ2v) is 6.62. The molecule has 2 aromatic rings. The Labute approximate surface area is 125 Å². The molecule has 0 radical (unpaired) electrons. The van der Waals surface area contributed by atoms with E-state index in [1.54, 1.807) is 11.5 Å². The zero-order valence-electron chi connectivity index (χ0n) is 13.6. The maximum atomic E-state index is 12.7. The van der Waals surface area contributed by atoms with Crippen LogP contribution in [0.15, 0.2) is 29.1 Å². The van der Waals surface area contributed by atoms with Crippen LogP contribution in [0.2, 0.25) is 0 Å². The van der Waals surface area contributed by atoms with E-state index >= 15 is 0 Å². The number of aromatic nitrogens is 1. The molecule has 0 aliphatic heterocycles. The van der Waals surface area contributed by atoms with Crippen molar-refractivity contribution in [3.63, 3.8) is 0 Å². The van der Waals surface area contributed by atoms with Crippen LogP contribution in [-0.4, -0.2) is 9.67 Å². The Kier molecular flexibility index (Phi) is 3.70. The molecule has 0 saturated carbocycles. The molecule has 3 nitrogen and oxygen atoms in total. The normalized spacial score (nSPS) is 11.7. The van der Waals surface area contributed by atoms with Crippen LogP contribution in [0.4, 0.5) is 0 Å². The summed E-state index contributed by atoms with van der Waals surface area (Å²) in [5, 5.41) is 10.3. The Morgan fingerprint density at radius 3 is 1.95 bits per heavy atom. The van der Waals surface area contributed by atoms with Gasteiger partial charge in [-0.05, 0) is 47.1 Å². The number of aryl methyl sites for hydroxylation is 1. The van der Waals surface area contributed by atoms with Gasteiger partial charge in [0.25, 0.3) is 5.56 Å². The van der Waals surface area contributed by atoms with Gasteiger partial charge < -0.3 is 9.67 Å². The van der Waals surface area contributed by atoms with Crippen molar-refractivity contribution in [1.29, 1.82) is 0 Å². The van der Waals surface area contributed by atoms with E-state index in [0.717, 1.165) is 22.4 Å². The van der Waals surface area contributed by atoms with Gasteiger partial charge in [0.05, 0.1) is 11.3 Å². The monoisotopic (exact) mass is 285 g/mol. The van der Waals surface area contributed by atoms with Gasteiger partial charge in [-0.25, -0.2) is 0 Å². The Bertz CT molecular complexity index is 732. The summed E-state index contributed by atoms with van der Waals surface area (Å²) in [7, 11) is 0. The lowest BCUT2D eigenvalue weighted by molar-refractivity contribution is 0.380. The van der Waals surface area contributed by atoms with Gasteiger partial charge in [-0.15, -0.1) is 0 Å². The first-order valence-electron chi connectivity index (χ1n) is 7.17. The number of benzene rings is 1. The van der Waals surface area contributed by atoms with E-state index in [2.05, 4.69) is 0 Å². The molecule has 0 unspecified atom stereocenters. The van der Waals surface area contributed by atoms with Gasteiger partial charge in [0, 0.05) is 11.1 Å². The van der Waals surface area contributed by atoms with Crippen LogP contribution in [-0.2, 0) is 5.54 Å². The van der Waals surface area contributed by atoms with E-state index in [0.29, 0.717) is 5.56 Å². The first-order chi connectivity index (χ1) is 9.64. The summed E-state index contributed by atoms with van der Waals surface area (Å²) in [5.41, 5.74) is 3.54. The standard InChI is InChI=1S/C18H23NO2/c1-11-7-9-14(10-8-11)15-12(2)16(20)13(3)17(21)19(15)18(4,5)6/h7-10,20H,1-6H3. The molecule has 0 fully saturated rings. The molecular formula is C18H23NO2. The quantitative estimate of drug-likeness (QED) is 0.863. The fraction of sp³-hybridized carbons (Fsp3) is 0.389. The molecule has 112 valence electrons. The maximum Gasteiger partial charge on any atom is 0.258 e. The Balaban J connectivity index is 2.93. The van der Waals surface area contributed by atoms with Crippen molar-refractivity contribution in [3.05, 3.63) is 51.3 Å². The van der Waals surface area contributed by atoms with Gasteiger partial charge in [0.1, 0.15) is 5.75 Å². The summed E-state index contributed by atoms with van der Waals surface area (Å²) in [6.45, 7) is 11.6. The van der Waals surface area contributed by atoms with Gasteiger partial charge in [-0.3, -0.25) is 4.79 Å². The molecule has 0 atom stereocenters. The third-order valence-electron chi connectivity index (χ3n) is 3.81. The highest BCUT2D eigenvalue weighted by Crippen LogP contribution is 2.33. The van der Waals surface area contributed by atoms with Gasteiger partial charge in [-0.2, -0.15) is 0 Å². The van der Waals surface area contributed by atoms with Crippen LogP contribution in [0.3, 0.4) is 0 Å². The predicted octanol–water partition coefficient (Wildman–Crippen LogP) is 3.90. The topological polar surface area (TPSA) is 42.2 Å². The molecule has 1 heterocycles. The van der Waals surface area contributed by atoms with Crippen LogP contribution in [0.1, 0.15) is 37.5 Å². The summed E-state index contributed by atoms with van der Waals surface area (Å²) in [5.74, 6) is 0.0936. The van der Waals surface area contributed by atoms with Crippen LogP contribution in [0, 0.1) is 20.8 Å². The van der Waals surface area contributed by atoms with Crippen molar-refractivity contribution in [2.24, 2.45) is 0 Å². The first-order valence-corrected chi connectivity index (χ1v) is 7.17. The number of nitrogens with zero attached hydrogens (tertiary/aromatic N) is 1. The Morgan fingerprint density at radius 2 is 1.48 bits per heavy atom. The van der Waals surface area contributed by atoms with Crippen LogP contribution >= 0.6 is 0 Å². The molecule has 3 heteroatoms. The van der Waals surface area contributed by atoms with Gasteiger partial charge in [0.15, 0.2) is 0 Å². The van der Waals surface area contributed by atoms with Crippen molar-refractivity contribution < 1.29 is 5.11 Å². The fourth-order valence-corrected chi connectivity index (χ4v) is 2.63. The van der Waals surface area contributed by atoms with Crippen molar-refractivity contribution in [2.45, 2.75) is 47.1 Å². The third kappa shape index (κ3) is 2.60.